The van der Waals surface area contributed by atoms with E-state index in [0.29, 0.717) is 5.69 Å². The number of hydrogen-bond acceptors (Lipinski definition) is 4. The third-order valence-corrected chi connectivity index (χ3v) is 2.78. The summed E-state index contributed by atoms with van der Waals surface area (Å²) in [5, 5.41) is 16.8. The summed E-state index contributed by atoms with van der Waals surface area (Å²) < 4.78 is 1.56. The van der Waals surface area contributed by atoms with Crippen molar-refractivity contribution in [2.45, 2.75) is 6.92 Å². The minimum atomic E-state index is -0.329. The van der Waals surface area contributed by atoms with Crippen molar-refractivity contribution in [3.63, 3.8) is 0 Å². The Morgan fingerprint density at radius 2 is 2.10 bits per heavy atom. The number of aromatic amines is 1. The second kappa shape index (κ2) is 4.96. The van der Waals surface area contributed by atoms with Gasteiger partial charge in [-0.05, 0) is 19.1 Å². The standard InChI is InChI=1S/C13H12N6O/c1-9-2-4-11(5-3-9)19-8-12(17-18-19)13(20)16-10-6-14-15-7-10/h2-8H,1H3,(H,14,15)(H,16,20). The fraction of sp³-hybridized carbons (Fsp3) is 0.0769. The van der Waals surface area contributed by atoms with Gasteiger partial charge in [-0.1, -0.05) is 22.9 Å². The third kappa shape index (κ3) is 2.41. The second-order valence-electron chi connectivity index (χ2n) is 4.33. The summed E-state index contributed by atoms with van der Waals surface area (Å²) in [4.78, 5) is 11.9. The summed E-state index contributed by atoms with van der Waals surface area (Å²) in [5.41, 5.74) is 2.84. The van der Waals surface area contributed by atoms with Crippen molar-refractivity contribution in [1.29, 1.82) is 0 Å². The zero-order valence-corrected chi connectivity index (χ0v) is 10.7. The fourth-order valence-corrected chi connectivity index (χ4v) is 1.71. The molecule has 2 aromatic heterocycles. The first-order valence-corrected chi connectivity index (χ1v) is 6.02. The minimum absolute atomic E-state index is 0.242. The molecule has 20 heavy (non-hydrogen) atoms. The summed E-state index contributed by atoms with van der Waals surface area (Å²) in [6.07, 6.45) is 4.69. The Morgan fingerprint density at radius 1 is 1.30 bits per heavy atom. The van der Waals surface area contributed by atoms with Crippen LogP contribution in [0.25, 0.3) is 5.69 Å². The smallest absolute Gasteiger partial charge is 0.277 e. The van der Waals surface area contributed by atoms with Crippen molar-refractivity contribution < 1.29 is 4.79 Å². The van der Waals surface area contributed by atoms with E-state index in [2.05, 4.69) is 25.8 Å². The molecule has 0 aliphatic carbocycles. The molecule has 0 saturated heterocycles. The van der Waals surface area contributed by atoms with Crippen molar-refractivity contribution in [2.75, 3.05) is 5.32 Å². The van der Waals surface area contributed by atoms with Crippen LogP contribution in [0.15, 0.2) is 42.9 Å². The zero-order valence-electron chi connectivity index (χ0n) is 10.7. The zero-order chi connectivity index (χ0) is 13.9. The molecule has 3 rings (SSSR count). The van der Waals surface area contributed by atoms with Crippen LogP contribution >= 0.6 is 0 Å². The average molecular weight is 268 g/mol. The number of hydrogen-bond donors (Lipinski definition) is 2. The number of carbonyl (C=O) groups is 1. The molecule has 2 heterocycles. The van der Waals surface area contributed by atoms with Crippen molar-refractivity contribution in [3.05, 3.63) is 54.1 Å². The Balaban J connectivity index is 1.79. The molecule has 0 bridgehead atoms. The Kier molecular flexibility index (Phi) is 3.00. The normalized spacial score (nSPS) is 10.4. The average Bonchev–Trinajstić information content (AvgIpc) is 3.10. The number of amides is 1. The summed E-state index contributed by atoms with van der Waals surface area (Å²) in [6.45, 7) is 2.01. The van der Waals surface area contributed by atoms with Crippen LogP contribution in [0.4, 0.5) is 5.69 Å². The number of aryl methyl sites for hydroxylation is 1. The van der Waals surface area contributed by atoms with E-state index < -0.39 is 0 Å². The molecule has 1 aromatic carbocycles. The quantitative estimate of drug-likeness (QED) is 0.754. The number of nitrogens with zero attached hydrogens (tertiary/aromatic N) is 4. The van der Waals surface area contributed by atoms with Gasteiger partial charge in [0.1, 0.15) is 0 Å². The Labute approximate surface area is 114 Å². The lowest BCUT2D eigenvalue weighted by Crippen LogP contribution is -2.11. The molecule has 0 fully saturated rings. The third-order valence-electron chi connectivity index (χ3n) is 2.78. The van der Waals surface area contributed by atoms with Crippen molar-refractivity contribution in [3.8, 4) is 5.69 Å². The van der Waals surface area contributed by atoms with Gasteiger partial charge in [0, 0.05) is 6.20 Å². The molecular weight excluding hydrogens is 256 g/mol. The lowest BCUT2D eigenvalue weighted by molar-refractivity contribution is 0.102. The molecule has 0 aliphatic heterocycles. The van der Waals surface area contributed by atoms with E-state index in [1.165, 1.54) is 6.20 Å². The first-order chi connectivity index (χ1) is 9.72. The van der Waals surface area contributed by atoms with Crippen molar-refractivity contribution >= 4 is 11.6 Å². The molecule has 7 heteroatoms. The van der Waals surface area contributed by atoms with Gasteiger partial charge in [0.2, 0.25) is 0 Å². The van der Waals surface area contributed by atoms with Gasteiger partial charge in [-0.2, -0.15) is 5.10 Å². The van der Waals surface area contributed by atoms with E-state index >= 15 is 0 Å². The van der Waals surface area contributed by atoms with Gasteiger partial charge in [0.15, 0.2) is 5.69 Å². The van der Waals surface area contributed by atoms with Gasteiger partial charge in [-0.25, -0.2) is 4.68 Å². The first-order valence-electron chi connectivity index (χ1n) is 6.02. The number of nitrogens with one attached hydrogen (secondary N) is 2. The van der Waals surface area contributed by atoms with E-state index in [-0.39, 0.29) is 11.6 Å². The van der Waals surface area contributed by atoms with Crippen LogP contribution in [0, 0.1) is 6.92 Å². The van der Waals surface area contributed by atoms with Gasteiger partial charge < -0.3 is 5.32 Å². The number of anilines is 1. The summed E-state index contributed by atoms with van der Waals surface area (Å²) in [7, 11) is 0. The predicted molar refractivity (Wildman–Crippen MR) is 72.6 cm³/mol. The number of carbonyl (C=O) groups excluding carboxylic acids is 1. The first kappa shape index (κ1) is 12.1. The van der Waals surface area contributed by atoms with E-state index in [1.807, 2.05) is 31.2 Å². The molecule has 0 radical (unpaired) electrons. The van der Waals surface area contributed by atoms with Crippen LogP contribution in [0.3, 0.4) is 0 Å². The van der Waals surface area contributed by atoms with E-state index in [9.17, 15) is 4.79 Å². The minimum Gasteiger partial charge on any atom is -0.318 e. The van der Waals surface area contributed by atoms with Gasteiger partial charge in [0.05, 0.1) is 23.8 Å². The molecule has 100 valence electrons. The molecule has 0 unspecified atom stereocenters. The highest BCUT2D eigenvalue weighted by Crippen LogP contribution is 2.09. The molecule has 0 spiro atoms. The summed E-state index contributed by atoms with van der Waals surface area (Å²) >= 11 is 0. The van der Waals surface area contributed by atoms with Crippen molar-refractivity contribution in [1.82, 2.24) is 25.2 Å². The highest BCUT2D eigenvalue weighted by Gasteiger charge is 2.12. The molecule has 2 N–H and O–H groups in total. The topological polar surface area (TPSA) is 88.5 Å². The van der Waals surface area contributed by atoms with Crippen LogP contribution in [0.1, 0.15) is 16.1 Å². The Hall–Kier alpha value is -2.96. The second-order valence-corrected chi connectivity index (χ2v) is 4.33. The van der Waals surface area contributed by atoms with Gasteiger partial charge in [-0.3, -0.25) is 9.89 Å². The van der Waals surface area contributed by atoms with Gasteiger partial charge in [-0.15, -0.1) is 5.10 Å². The van der Waals surface area contributed by atoms with Crippen molar-refractivity contribution in [2.24, 2.45) is 0 Å². The monoisotopic (exact) mass is 268 g/mol. The molecule has 0 aliphatic rings. The SMILES string of the molecule is Cc1ccc(-n2cc(C(=O)Nc3cn[nH]c3)nn2)cc1. The molecular formula is C13H12N6O. The number of H-pyrrole nitrogens is 1. The van der Waals surface area contributed by atoms with E-state index in [1.54, 1.807) is 17.1 Å². The molecule has 1 amide bonds. The molecule has 7 nitrogen and oxygen atoms in total. The lowest BCUT2D eigenvalue weighted by atomic mass is 10.2. The number of benzene rings is 1. The highest BCUT2D eigenvalue weighted by atomic mass is 16.2. The summed E-state index contributed by atoms with van der Waals surface area (Å²) in [6, 6.07) is 7.79. The molecule has 0 saturated carbocycles. The maximum atomic E-state index is 11.9. The maximum Gasteiger partial charge on any atom is 0.277 e. The molecule has 0 atom stereocenters. The number of rotatable bonds is 3. The predicted octanol–water partition coefficient (Wildman–Crippen LogP) is 1.55. The molecule has 3 aromatic rings. The van der Waals surface area contributed by atoms with E-state index in [0.717, 1.165) is 11.3 Å². The maximum absolute atomic E-state index is 11.9. The number of aromatic nitrogens is 5. The lowest BCUT2D eigenvalue weighted by Gasteiger charge is -1.99. The van der Waals surface area contributed by atoms with Crippen LogP contribution in [0.5, 0.6) is 0 Å². The van der Waals surface area contributed by atoms with Crippen LogP contribution in [0.2, 0.25) is 0 Å². The Bertz CT molecular complexity index is 714. The summed E-state index contributed by atoms with van der Waals surface area (Å²) in [5.74, 6) is -0.329. The highest BCUT2D eigenvalue weighted by molar-refractivity contribution is 6.02. The van der Waals surface area contributed by atoms with Gasteiger partial charge >= 0.3 is 0 Å². The van der Waals surface area contributed by atoms with Crippen LogP contribution in [-0.4, -0.2) is 31.1 Å². The van der Waals surface area contributed by atoms with Gasteiger partial charge in [0.25, 0.3) is 5.91 Å². The Morgan fingerprint density at radius 3 is 2.80 bits per heavy atom. The largest absolute Gasteiger partial charge is 0.318 e. The fourth-order valence-electron chi connectivity index (χ4n) is 1.71. The van der Waals surface area contributed by atoms with Crippen LogP contribution < -0.4 is 5.32 Å². The van der Waals surface area contributed by atoms with E-state index in [4.69, 9.17) is 0 Å². The van der Waals surface area contributed by atoms with Crippen LogP contribution in [-0.2, 0) is 0 Å².